The Morgan fingerprint density at radius 1 is 1.26 bits per heavy atom. The normalized spacial score (nSPS) is 12.4. The molecule has 1 atom stereocenters. The molecular formula is C13H12Cl2FN3. The van der Waals surface area contributed by atoms with E-state index >= 15 is 0 Å². The van der Waals surface area contributed by atoms with Crippen molar-refractivity contribution in [1.82, 2.24) is 10.4 Å². The minimum atomic E-state index is -0.315. The molecule has 1 unspecified atom stereocenters. The van der Waals surface area contributed by atoms with E-state index in [2.05, 4.69) is 10.4 Å². The molecule has 100 valence electrons. The van der Waals surface area contributed by atoms with Crippen LogP contribution in [0.3, 0.4) is 0 Å². The van der Waals surface area contributed by atoms with Gasteiger partial charge in [0, 0.05) is 11.2 Å². The van der Waals surface area contributed by atoms with Crippen LogP contribution in [0, 0.1) is 5.82 Å². The number of pyridine rings is 1. The summed E-state index contributed by atoms with van der Waals surface area (Å²) in [5.74, 6) is 5.21. The molecule has 2 rings (SSSR count). The quantitative estimate of drug-likeness (QED) is 0.517. The van der Waals surface area contributed by atoms with Gasteiger partial charge >= 0.3 is 0 Å². The Balaban J connectivity index is 2.26. The van der Waals surface area contributed by atoms with E-state index in [1.807, 2.05) is 0 Å². The molecule has 0 aliphatic heterocycles. The van der Waals surface area contributed by atoms with E-state index in [0.717, 1.165) is 5.56 Å². The van der Waals surface area contributed by atoms with Crippen LogP contribution in [0.4, 0.5) is 4.39 Å². The highest BCUT2D eigenvalue weighted by atomic mass is 35.5. The third-order valence-corrected chi connectivity index (χ3v) is 3.23. The second kappa shape index (κ2) is 6.30. The van der Waals surface area contributed by atoms with Crippen LogP contribution >= 0.6 is 23.2 Å². The van der Waals surface area contributed by atoms with Gasteiger partial charge in [0.25, 0.3) is 0 Å². The van der Waals surface area contributed by atoms with Crippen molar-refractivity contribution in [2.75, 3.05) is 0 Å². The third-order valence-electron chi connectivity index (χ3n) is 2.79. The molecular weight excluding hydrogens is 288 g/mol. The van der Waals surface area contributed by atoms with Crippen LogP contribution in [-0.2, 0) is 6.42 Å². The maximum absolute atomic E-state index is 13.7. The number of benzene rings is 1. The fourth-order valence-electron chi connectivity index (χ4n) is 1.83. The lowest BCUT2D eigenvalue weighted by Crippen LogP contribution is -2.29. The van der Waals surface area contributed by atoms with Gasteiger partial charge in [0.05, 0.1) is 6.04 Å². The van der Waals surface area contributed by atoms with Crippen LogP contribution in [0.15, 0.2) is 36.5 Å². The molecule has 0 radical (unpaired) electrons. The van der Waals surface area contributed by atoms with Crippen LogP contribution in [0.5, 0.6) is 0 Å². The van der Waals surface area contributed by atoms with Gasteiger partial charge in [-0.25, -0.2) is 9.37 Å². The van der Waals surface area contributed by atoms with Crippen molar-refractivity contribution in [3.63, 3.8) is 0 Å². The van der Waals surface area contributed by atoms with Gasteiger partial charge < -0.3 is 0 Å². The van der Waals surface area contributed by atoms with Gasteiger partial charge in [0.15, 0.2) is 0 Å². The number of nitrogens with two attached hydrogens (primary N) is 1. The third kappa shape index (κ3) is 3.64. The predicted molar refractivity (Wildman–Crippen MR) is 74.4 cm³/mol. The van der Waals surface area contributed by atoms with Gasteiger partial charge in [0.2, 0.25) is 0 Å². The molecule has 2 aromatic rings. The molecule has 1 aromatic carbocycles. The maximum Gasteiger partial charge on any atom is 0.129 e. The molecule has 0 bridgehead atoms. The fourth-order valence-corrected chi connectivity index (χ4v) is 2.20. The second-order valence-corrected chi connectivity index (χ2v) is 4.89. The summed E-state index contributed by atoms with van der Waals surface area (Å²) < 4.78 is 13.7. The van der Waals surface area contributed by atoms with Crippen molar-refractivity contribution >= 4 is 23.2 Å². The van der Waals surface area contributed by atoms with Gasteiger partial charge in [-0.1, -0.05) is 23.2 Å². The molecule has 6 heteroatoms. The summed E-state index contributed by atoms with van der Waals surface area (Å²) in [4.78, 5) is 3.90. The smallest absolute Gasteiger partial charge is 0.129 e. The summed E-state index contributed by atoms with van der Waals surface area (Å²) in [5, 5.41) is 0.851. The Hall–Kier alpha value is -1.20. The van der Waals surface area contributed by atoms with Gasteiger partial charge in [-0.15, -0.1) is 0 Å². The second-order valence-electron chi connectivity index (χ2n) is 4.07. The molecule has 0 aliphatic rings. The van der Waals surface area contributed by atoms with E-state index in [-0.39, 0.29) is 11.9 Å². The zero-order chi connectivity index (χ0) is 13.8. The van der Waals surface area contributed by atoms with Crippen molar-refractivity contribution in [2.24, 2.45) is 5.84 Å². The number of halogens is 3. The zero-order valence-electron chi connectivity index (χ0n) is 9.91. The molecule has 1 aromatic heterocycles. The summed E-state index contributed by atoms with van der Waals surface area (Å²) in [5.41, 5.74) is 3.97. The first kappa shape index (κ1) is 14.2. The first-order chi connectivity index (χ1) is 9.10. The summed E-state index contributed by atoms with van der Waals surface area (Å²) in [6.07, 6.45) is 1.94. The molecule has 0 fully saturated rings. The van der Waals surface area contributed by atoms with Crippen molar-refractivity contribution in [2.45, 2.75) is 12.5 Å². The molecule has 0 aliphatic carbocycles. The number of hydrazine groups is 1. The molecule has 1 heterocycles. The number of aromatic nitrogens is 1. The van der Waals surface area contributed by atoms with Crippen molar-refractivity contribution < 1.29 is 4.39 Å². The molecule has 0 spiro atoms. The minimum absolute atomic E-state index is 0.270. The van der Waals surface area contributed by atoms with E-state index < -0.39 is 0 Å². The summed E-state index contributed by atoms with van der Waals surface area (Å²) >= 11 is 11.7. The number of hydrogen-bond donors (Lipinski definition) is 2. The highest BCUT2D eigenvalue weighted by molar-refractivity contribution is 6.30. The largest absolute Gasteiger partial charge is 0.271 e. The van der Waals surface area contributed by atoms with Crippen LogP contribution in [-0.4, -0.2) is 4.98 Å². The number of nitrogens with one attached hydrogen (secondary N) is 1. The zero-order valence-corrected chi connectivity index (χ0v) is 11.4. The van der Waals surface area contributed by atoms with Gasteiger partial charge in [-0.2, -0.15) is 0 Å². The van der Waals surface area contributed by atoms with E-state index in [9.17, 15) is 4.39 Å². The highest BCUT2D eigenvalue weighted by Crippen LogP contribution is 2.23. The van der Waals surface area contributed by atoms with E-state index in [1.54, 1.807) is 24.4 Å². The molecule has 3 N–H and O–H groups in total. The minimum Gasteiger partial charge on any atom is -0.271 e. The maximum atomic E-state index is 13.7. The van der Waals surface area contributed by atoms with Gasteiger partial charge in [0.1, 0.15) is 11.0 Å². The Bertz CT molecular complexity index is 578. The lowest BCUT2D eigenvalue weighted by Gasteiger charge is -2.17. The summed E-state index contributed by atoms with van der Waals surface area (Å²) in [6.45, 7) is 0. The van der Waals surface area contributed by atoms with Crippen molar-refractivity contribution in [3.05, 3.63) is 63.6 Å². The average molecular weight is 300 g/mol. The van der Waals surface area contributed by atoms with Crippen molar-refractivity contribution in [1.29, 1.82) is 0 Å². The fraction of sp³-hybridized carbons (Fsp3) is 0.154. The van der Waals surface area contributed by atoms with Crippen LogP contribution in [0.1, 0.15) is 17.2 Å². The van der Waals surface area contributed by atoms with Crippen molar-refractivity contribution in [3.8, 4) is 0 Å². The van der Waals surface area contributed by atoms with Gasteiger partial charge in [-0.3, -0.25) is 11.3 Å². The molecule has 0 amide bonds. The Labute approximate surface area is 120 Å². The highest BCUT2D eigenvalue weighted by Gasteiger charge is 2.14. The number of hydrogen-bond acceptors (Lipinski definition) is 3. The lowest BCUT2D eigenvalue weighted by molar-refractivity contribution is 0.529. The first-order valence-electron chi connectivity index (χ1n) is 5.61. The monoisotopic (exact) mass is 299 g/mol. The van der Waals surface area contributed by atoms with Gasteiger partial charge in [-0.05, 0) is 47.9 Å². The Kier molecular flexibility index (Phi) is 4.71. The number of rotatable bonds is 4. The molecule has 3 nitrogen and oxygen atoms in total. The average Bonchev–Trinajstić information content (AvgIpc) is 2.39. The predicted octanol–water partition coefficient (Wildman–Crippen LogP) is 3.27. The topological polar surface area (TPSA) is 50.9 Å². The van der Waals surface area contributed by atoms with E-state index in [0.29, 0.717) is 22.2 Å². The van der Waals surface area contributed by atoms with E-state index in [1.165, 1.54) is 12.1 Å². The SMILES string of the molecule is NNC(Cc1cc(Cl)ccc1F)c1ccnc(Cl)c1. The Morgan fingerprint density at radius 3 is 2.74 bits per heavy atom. The lowest BCUT2D eigenvalue weighted by atomic mass is 10.00. The molecule has 0 saturated carbocycles. The molecule has 19 heavy (non-hydrogen) atoms. The molecule has 0 saturated heterocycles. The Morgan fingerprint density at radius 2 is 2.05 bits per heavy atom. The van der Waals surface area contributed by atoms with Crippen LogP contribution in [0.2, 0.25) is 10.2 Å². The standard InChI is InChI=1S/C13H12Cl2FN3/c14-10-1-2-11(16)9(5-10)6-12(19-17)8-3-4-18-13(15)7-8/h1-5,7,12,19H,6,17H2. The summed E-state index contributed by atoms with van der Waals surface area (Å²) in [6, 6.07) is 7.63. The first-order valence-corrected chi connectivity index (χ1v) is 6.37. The van der Waals surface area contributed by atoms with Crippen LogP contribution in [0.25, 0.3) is 0 Å². The number of nitrogens with zero attached hydrogens (tertiary/aromatic N) is 1. The summed E-state index contributed by atoms with van der Waals surface area (Å²) in [7, 11) is 0. The van der Waals surface area contributed by atoms with E-state index in [4.69, 9.17) is 29.0 Å². The van der Waals surface area contributed by atoms with Crippen LogP contribution < -0.4 is 11.3 Å².